The Hall–Kier alpha value is -2.57. The number of aryl methyl sites for hydroxylation is 1. The lowest BCUT2D eigenvalue weighted by atomic mass is 9.84. The third-order valence-corrected chi connectivity index (χ3v) is 6.19. The van der Waals surface area contributed by atoms with Gasteiger partial charge in [0, 0.05) is 19.6 Å². The maximum atomic E-state index is 5.24. The van der Waals surface area contributed by atoms with Crippen LogP contribution in [0.1, 0.15) is 56.2 Å². The SMILES string of the molecule is CCC1CCC(NC(=NCc2nnc(C)n2C)NCCc2ccc(OC)cc2)CC1. The number of guanidine groups is 1. The van der Waals surface area contributed by atoms with Crippen LogP contribution >= 0.6 is 0 Å². The topological polar surface area (TPSA) is 76.4 Å². The number of rotatable bonds is 8. The van der Waals surface area contributed by atoms with Crippen LogP contribution in [0.25, 0.3) is 0 Å². The first kappa shape index (κ1) is 22.1. The number of hydrogen-bond acceptors (Lipinski definition) is 4. The molecule has 0 atom stereocenters. The van der Waals surface area contributed by atoms with Gasteiger partial charge < -0.3 is 19.9 Å². The summed E-state index contributed by atoms with van der Waals surface area (Å²) in [5.74, 6) is 4.41. The first-order chi connectivity index (χ1) is 14.6. The van der Waals surface area contributed by atoms with Crippen LogP contribution in [0.5, 0.6) is 5.75 Å². The van der Waals surface area contributed by atoms with E-state index < -0.39 is 0 Å². The van der Waals surface area contributed by atoms with Gasteiger partial charge >= 0.3 is 0 Å². The first-order valence-corrected chi connectivity index (χ1v) is 11.1. The fraction of sp³-hybridized carbons (Fsp3) is 0.609. The van der Waals surface area contributed by atoms with Crippen molar-refractivity contribution < 1.29 is 4.74 Å². The Kier molecular flexibility index (Phi) is 8.11. The van der Waals surface area contributed by atoms with Gasteiger partial charge in [-0.15, -0.1) is 10.2 Å². The summed E-state index contributed by atoms with van der Waals surface area (Å²) in [6.45, 7) is 5.59. The number of methoxy groups -OCH3 is 1. The van der Waals surface area contributed by atoms with E-state index in [-0.39, 0.29) is 0 Å². The summed E-state index contributed by atoms with van der Waals surface area (Å²) in [5.41, 5.74) is 1.27. The summed E-state index contributed by atoms with van der Waals surface area (Å²) in [6.07, 6.45) is 7.24. The molecule has 30 heavy (non-hydrogen) atoms. The van der Waals surface area contributed by atoms with Crippen LogP contribution in [0.15, 0.2) is 29.3 Å². The lowest BCUT2D eigenvalue weighted by Crippen LogP contribution is -2.45. The molecule has 0 amide bonds. The summed E-state index contributed by atoms with van der Waals surface area (Å²) >= 11 is 0. The van der Waals surface area contributed by atoms with E-state index in [0.29, 0.717) is 12.6 Å². The summed E-state index contributed by atoms with van der Waals surface area (Å²) in [6, 6.07) is 8.72. The molecule has 0 aliphatic heterocycles. The van der Waals surface area contributed by atoms with Crippen LogP contribution in [0, 0.1) is 12.8 Å². The molecular formula is C23H36N6O. The maximum absolute atomic E-state index is 5.24. The molecule has 1 fully saturated rings. The van der Waals surface area contributed by atoms with Gasteiger partial charge in [-0.25, -0.2) is 4.99 Å². The predicted octanol–water partition coefficient (Wildman–Crippen LogP) is 3.38. The Balaban J connectivity index is 1.59. The number of nitrogens with one attached hydrogen (secondary N) is 2. The maximum Gasteiger partial charge on any atom is 0.191 e. The number of hydrogen-bond donors (Lipinski definition) is 2. The van der Waals surface area contributed by atoms with Gasteiger partial charge in [-0.1, -0.05) is 25.5 Å². The Morgan fingerprint density at radius 1 is 1.17 bits per heavy atom. The standard InChI is InChI=1S/C23H36N6O/c1-5-18-6-10-20(11-7-18)26-23(25-16-22-28-27-17(2)29(22)3)24-15-14-19-8-12-21(30-4)13-9-19/h8-9,12-13,18,20H,5-7,10-11,14-16H2,1-4H3,(H2,24,25,26). The van der Waals surface area contributed by atoms with Gasteiger partial charge in [0.25, 0.3) is 0 Å². The van der Waals surface area contributed by atoms with Gasteiger partial charge in [-0.3, -0.25) is 0 Å². The van der Waals surface area contributed by atoms with E-state index >= 15 is 0 Å². The van der Waals surface area contributed by atoms with Crippen molar-refractivity contribution in [3.8, 4) is 5.75 Å². The Bertz CT molecular complexity index is 806. The van der Waals surface area contributed by atoms with E-state index in [9.17, 15) is 0 Å². The second kappa shape index (κ2) is 11.0. The molecule has 2 N–H and O–H groups in total. The highest BCUT2D eigenvalue weighted by Crippen LogP contribution is 2.26. The van der Waals surface area contributed by atoms with Crippen molar-refractivity contribution in [2.45, 2.75) is 65.0 Å². The van der Waals surface area contributed by atoms with Gasteiger partial charge in [-0.05, 0) is 62.6 Å². The number of nitrogens with zero attached hydrogens (tertiary/aromatic N) is 4. The van der Waals surface area contributed by atoms with Crippen LogP contribution in [0.3, 0.4) is 0 Å². The van der Waals surface area contributed by atoms with Crippen molar-refractivity contribution in [3.63, 3.8) is 0 Å². The predicted molar refractivity (Wildman–Crippen MR) is 121 cm³/mol. The summed E-state index contributed by atoms with van der Waals surface area (Å²) in [4.78, 5) is 4.81. The van der Waals surface area contributed by atoms with E-state index in [1.54, 1.807) is 7.11 Å². The minimum Gasteiger partial charge on any atom is -0.497 e. The molecule has 164 valence electrons. The van der Waals surface area contributed by atoms with Gasteiger partial charge in [0.1, 0.15) is 18.1 Å². The third kappa shape index (κ3) is 6.21. The number of aliphatic imine (C=N–C) groups is 1. The highest BCUT2D eigenvalue weighted by molar-refractivity contribution is 5.80. The van der Waals surface area contributed by atoms with E-state index in [1.807, 2.05) is 30.7 Å². The molecule has 1 aliphatic carbocycles. The molecular weight excluding hydrogens is 376 g/mol. The molecule has 7 heteroatoms. The van der Waals surface area contributed by atoms with Crippen LogP contribution in [-0.2, 0) is 20.0 Å². The van der Waals surface area contributed by atoms with E-state index in [0.717, 1.165) is 42.2 Å². The summed E-state index contributed by atoms with van der Waals surface area (Å²) in [7, 11) is 3.67. The molecule has 3 rings (SSSR count). The molecule has 1 saturated carbocycles. The third-order valence-electron chi connectivity index (χ3n) is 6.19. The quantitative estimate of drug-likeness (QED) is 0.513. The van der Waals surface area contributed by atoms with Gasteiger partial charge in [0.2, 0.25) is 0 Å². The van der Waals surface area contributed by atoms with E-state index in [2.05, 4.69) is 39.9 Å². The zero-order valence-corrected chi connectivity index (χ0v) is 18.8. The van der Waals surface area contributed by atoms with Gasteiger partial charge in [0.05, 0.1) is 7.11 Å². The zero-order valence-electron chi connectivity index (χ0n) is 18.8. The van der Waals surface area contributed by atoms with Crippen molar-refractivity contribution >= 4 is 5.96 Å². The average Bonchev–Trinajstić information content (AvgIpc) is 3.10. The van der Waals surface area contributed by atoms with Crippen LogP contribution in [0.2, 0.25) is 0 Å². The molecule has 1 heterocycles. The molecule has 0 spiro atoms. The van der Waals surface area contributed by atoms with Crippen molar-refractivity contribution in [1.29, 1.82) is 0 Å². The van der Waals surface area contributed by atoms with Crippen molar-refractivity contribution in [1.82, 2.24) is 25.4 Å². The molecule has 0 bridgehead atoms. The Morgan fingerprint density at radius 2 is 1.90 bits per heavy atom. The molecule has 0 saturated heterocycles. The van der Waals surface area contributed by atoms with Crippen molar-refractivity contribution in [2.75, 3.05) is 13.7 Å². The average molecular weight is 413 g/mol. The Labute approximate surface area is 180 Å². The minimum absolute atomic E-state index is 0.487. The molecule has 1 aromatic carbocycles. The van der Waals surface area contributed by atoms with Gasteiger partial charge in [-0.2, -0.15) is 0 Å². The minimum atomic E-state index is 0.487. The smallest absolute Gasteiger partial charge is 0.191 e. The highest BCUT2D eigenvalue weighted by atomic mass is 16.5. The second-order valence-corrected chi connectivity index (χ2v) is 8.18. The molecule has 0 unspecified atom stereocenters. The number of aromatic nitrogens is 3. The van der Waals surface area contributed by atoms with Crippen molar-refractivity contribution in [2.24, 2.45) is 18.0 Å². The van der Waals surface area contributed by atoms with Crippen LogP contribution in [-0.4, -0.2) is 40.4 Å². The largest absolute Gasteiger partial charge is 0.497 e. The molecule has 1 aromatic heterocycles. The number of benzene rings is 1. The van der Waals surface area contributed by atoms with Crippen molar-refractivity contribution in [3.05, 3.63) is 41.5 Å². The fourth-order valence-electron chi connectivity index (χ4n) is 3.92. The zero-order chi connectivity index (χ0) is 21.3. The van der Waals surface area contributed by atoms with E-state index in [1.165, 1.54) is 37.7 Å². The first-order valence-electron chi connectivity index (χ1n) is 11.1. The van der Waals surface area contributed by atoms with Crippen LogP contribution in [0.4, 0.5) is 0 Å². The second-order valence-electron chi connectivity index (χ2n) is 8.18. The molecule has 2 aromatic rings. The fourth-order valence-corrected chi connectivity index (χ4v) is 3.92. The monoisotopic (exact) mass is 412 g/mol. The van der Waals surface area contributed by atoms with Crippen LogP contribution < -0.4 is 15.4 Å². The molecule has 0 radical (unpaired) electrons. The summed E-state index contributed by atoms with van der Waals surface area (Å²) < 4.78 is 7.23. The molecule has 7 nitrogen and oxygen atoms in total. The summed E-state index contributed by atoms with van der Waals surface area (Å²) in [5, 5.41) is 15.6. The Morgan fingerprint density at radius 3 is 2.50 bits per heavy atom. The molecule has 1 aliphatic rings. The normalized spacial score (nSPS) is 19.5. The van der Waals surface area contributed by atoms with Gasteiger partial charge in [0.15, 0.2) is 11.8 Å². The van der Waals surface area contributed by atoms with E-state index in [4.69, 9.17) is 9.73 Å². The number of ether oxygens (including phenoxy) is 1. The lowest BCUT2D eigenvalue weighted by molar-refractivity contribution is 0.304. The highest BCUT2D eigenvalue weighted by Gasteiger charge is 2.20. The lowest BCUT2D eigenvalue weighted by Gasteiger charge is -2.29.